The van der Waals surface area contributed by atoms with Crippen molar-refractivity contribution in [3.05, 3.63) is 95.9 Å². The molecule has 0 radical (unpaired) electrons. The number of nitrogens with one attached hydrogen (secondary N) is 1. The Morgan fingerprint density at radius 1 is 0.778 bits per heavy atom. The summed E-state index contributed by atoms with van der Waals surface area (Å²) >= 11 is 1.55. The minimum atomic E-state index is 0.786. The van der Waals surface area contributed by atoms with Crippen LogP contribution in [0.5, 0.6) is 0 Å². The lowest BCUT2D eigenvalue weighted by molar-refractivity contribution is 1.27. The Labute approximate surface area is 163 Å². The van der Waals surface area contributed by atoms with Crippen molar-refractivity contribution >= 4 is 22.2 Å². The van der Waals surface area contributed by atoms with Gasteiger partial charge in [0.15, 0.2) is 0 Å². The van der Waals surface area contributed by atoms with Crippen LogP contribution in [0.25, 0.3) is 22.4 Å². The highest BCUT2D eigenvalue weighted by atomic mass is 32.1. The van der Waals surface area contributed by atoms with E-state index in [9.17, 15) is 0 Å². The first-order valence-electron chi connectivity index (χ1n) is 8.77. The van der Waals surface area contributed by atoms with Crippen LogP contribution in [0.1, 0.15) is 12.5 Å². The van der Waals surface area contributed by atoms with E-state index < -0.39 is 0 Å². The molecule has 0 saturated carbocycles. The lowest BCUT2D eigenvalue weighted by atomic mass is 10.0. The summed E-state index contributed by atoms with van der Waals surface area (Å²) in [4.78, 5) is 4.60. The highest BCUT2D eigenvalue weighted by molar-refractivity contribution is 7.14. The summed E-state index contributed by atoms with van der Waals surface area (Å²) < 4.78 is 0. The van der Waals surface area contributed by atoms with Crippen molar-refractivity contribution in [2.24, 2.45) is 5.10 Å². The van der Waals surface area contributed by atoms with E-state index >= 15 is 0 Å². The molecule has 0 fully saturated rings. The topological polar surface area (TPSA) is 37.3 Å². The van der Waals surface area contributed by atoms with E-state index in [-0.39, 0.29) is 0 Å². The third-order valence-electron chi connectivity index (χ3n) is 4.30. The molecule has 3 nitrogen and oxygen atoms in total. The van der Waals surface area contributed by atoms with Gasteiger partial charge in [-0.25, -0.2) is 4.98 Å². The Morgan fingerprint density at radius 2 is 1.37 bits per heavy atom. The van der Waals surface area contributed by atoms with Crippen molar-refractivity contribution in [3.8, 4) is 22.4 Å². The number of nitrogens with zero attached hydrogens (tertiary/aromatic N) is 2. The van der Waals surface area contributed by atoms with Crippen molar-refractivity contribution in [2.75, 3.05) is 5.43 Å². The number of anilines is 1. The van der Waals surface area contributed by atoms with E-state index in [2.05, 4.69) is 76.2 Å². The predicted octanol–water partition coefficient (Wildman–Crippen LogP) is 6.31. The van der Waals surface area contributed by atoms with E-state index in [0.717, 1.165) is 27.7 Å². The first-order chi connectivity index (χ1) is 13.3. The van der Waals surface area contributed by atoms with Gasteiger partial charge in [-0.05, 0) is 23.6 Å². The van der Waals surface area contributed by atoms with Crippen molar-refractivity contribution < 1.29 is 0 Å². The molecule has 0 saturated heterocycles. The Bertz CT molecular complexity index is 1040. The molecule has 132 valence electrons. The number of benzene rings is 3. The Balaban J connectivity index is 1.46. The summed E-state index contributed by atoms with van der Waals surface area (Å²) in [6.45, 7) is 2.00. The summed E-state index contributed by atoms with van der Waals surface area (Å²) in [5.74, 6) is 0. The Kier molecular flexibility index (Phi) is 5.08. The molecule has 0 aliphatic rings. The van der Waals surface area contributed by atoms with Gasteiger partial charge in [-0.15, -0.1) is 11.3 Å². The van der Waals surface area contributed by atoms with Crippen LogP contribution in [0, 0.1) is 0 Å². The third kappa shape index (κ3) is 4.13. The van der Waals surface area contributed by atoms with Gasteiger partial charge in [-0.3, -0.25) is 5.43 Å². The number of hydrogen-bond donors (Lipinski definition) is 1. The molecular formula is C23H19N3S. The molecule has 0 aliphatic heterocycles. The molecule has 4 aromatic rings. The van der Waals surface area contributed by atoms with Crippen LogP contribution in [0.4, 0.5) is 5.13 Å². The van der Waals surface area contributed by atoms with Crippen LogP contribution in [0.2, 0.25) is 0 Å². The maximum Gasteiger partial charge on any atom is 0.203 e. The van der Waals surface area contributed by atoms with Crippen LogP contribution >= 0.6 is 11.3 Å². The summed E-state index contributed by atoms with van der Waals surface area (Å²) in [6.07, 6.45) is 0. The van der Waals surface area contributed by atoms with Crippen LogP contribution in [0.3, 0.4) is 0 Å². The van der Waals surface area contributed by atoms with Gasteiger partial charge in [0, 0.05) is 10.9 Å². The zero-order valence-corrected chi connectivity index (χ0v) is 15.8. The second-order valence-electron chi connectivity index (χ2n) is 6.16. The molecule has 3 aromatic carbocycles. The molecule has 0 amide bonds. The first kappa shape index (κ1) is 17.2. The molecule has 27 heavy (non-hydrogen) atoms. The molecule has 1 N–H and O–H groups in total. The van der Waals surface area contributed by atoms with Gasteiger partial charge in [0.1, 0.15) is 0 Å². The van der Waals surface area contributed by atoms with E-state index in [1.807, 2.05) is 36.6 Å². The average Bonchev–Trinajstić information content (AvgIpc) is 3.22. The van der Waals surface area contributed by atoms with Crippen LogP contribution in [-0.4, -0.2) is 10.7 Å². The zero-order valence-electron chi connectivity index (χ0n) is 15.0. The molecule has 0 atom stereocenters. The van der Waals surface area contributed by atoms with Gasteiger partial charge < -0.3 is 0 Å². The molecule has 4 heteroatoms. The van der Waals surface area contributed by atoms with E-state index in [1.165, 1.54) is 11.1 Å². The second-order valence-corrected chi connectivity index (χ2v) is 7.01. The lowest BCUT2D eigenvalue weighted by Gasteiger charge is -2.05. The molecule has 4 rings (SSSR count). The van der Waals surface area contributed by atoms with Crippen LogP contribution in [-0.2, 0) is 0 Å². The lowest BCUT2D eigenvalue weighted by Crippen LogP contribution is -1.99. The van der Waals surface area contributed by atoms with E-state index in [4.69, 9.17) is 0 Å². The predicted molar refractivity (Wildman–Crippen MR) is 115 cm³/mol. The van der Waals surface area contributed by atoms with Crippen molar-refractivity contribution in [1.82, 2.24) is 4.98 Å². The normalized spacial score (nSPS) is 11.4. The van der Waals surface area contributed by atoms with Crippen molar-refractivity contribution in [1.29, 1.82) is 0 Å². The van der Waals surface area contributed by atoms with Gasteiger partial charge in [-0.2, -0.15) is 5.10 Å². The third-order valence-corrected chi connectivity index (χ3v) is 5.05. The maximum atomic E-state index is 4.60. The number of hydrazone groups is 1. The number of aromatic nitrogens is 1. The smallest absolute Gasteiger partial charge is 0.203 e. The minimum absolute atomic E-state index is 0.786. The fraction of sp³-hybridized carbons (Fsp3) is 0.0435. The summed E-state index contributed by atoms with van der Waals surface area (Å²) in [7, 11) is 0. The van der Waals surface area contributed by atoms with Crippen LogP contribution < -0.4 is 5.43 Å². The Morgan fingerprint density at radius 3 is 2.04 bits per heavy atom. The second kappa shape index (κ2) is 7.98. The monoisotopic (exact) mass is 369 g/mol. The maximum absolute atomic E-state index is 4.60. The molecule has 1 heterocycles. The van der Waals surface area contributed by atoms with Gasteiger partial charge in [0.2, 0.25) is 5.13 Å². The van der Waals surface area contributed by atoms with E-state index in [0.29, 0.717) is 0 Å². The first-order valence-corrected chi connectivity index (χ1v) is 9.65. The van der Waals surface area contributed by atoms with E-state index in [1.54, 1.807) is 11.3 Å². The minimum Gasteiger partial charge on any atom is -0.252 e. The highest BCUT2D eigenvalue weighted by Gasteiger charge is 2.04. The van der Waals surface area contributed by atoms with Gasteiger partial charge in [0.05, 0.1) is 11.4 Å². The fourth-order valence-electron chi connectivity index (χ4n) is 2.80. The fourth-order valence-corrected chi connectivity index (χ4v) is 3.46. The molecule has 0 aliphatic carbocycles. The average molecular weight is 369 g/mol. The largest absolute Gasteiger partial charge is 0.252 e. The molecule has 0 spiro atoms. The van der Waals surface area contributed by atoms with Gasteiger partial charge >= 0.3 is 0 Å². The van der Waals surface area contributed by atoms with Gasteiger partial charge in [0.25, 0.3) is 0 Å². The summed E-state index contributed by atoms with van der Waals surface area (Å²) in [6, 6.07) is 29.0. The van der Waals surface area contributed by atoms with Crippen LogP contribution in [0.15, 0.2) is 95.4 Å². The molecule has 0 unspecified atom stereocenters. The molecule has 0 bridgehead atoms. The number of thiazole rings is 1. The zero-order chi connectivity index (χ0) is 18.5. The Hall–Kier alpha value is -3.24. The highest BCUT2D eigenvalue weighted by Crippen LogP contribution is 2.25. The SMILES string of the molecule is CC(=NNc1nc(-c2ccccc2)cs1)c1ccc(-c2ccccc2)cc1. The van der Waals surface area contributed by atoms with Gasteiger partial charge in [-0.1, -0.05) is 84.9 Å². The molecular weight excluding hydrogens is 350 g/mol. The number of rotatable bonds is 5. The van der Waals surface area contributed by atoms with Crippen molar-refractivity contribution in [2.45, 2.75) is 6.92 Å². The summed E-state index contributed by atoms with van der Waals surface area (Å²) in [5.41, 5.74) is 9.57. The van der Waals surface area contributed by atoms with Crippen molar-refractivity contribution in [3.63, 3.8) is 0 Å². The number of hydrogen-bond acceptors (Lipinski definition) is 4. The standard InChI is InChI=1S/C23H19N3S/c1-17(18-12-14-20(15-13-18)19-8-4-2-5-9-19)25-26-23-24-22(16-27-23)21-10-6-3-7-11-21/h2-16H,1H3,(H,24,26). The molecule has 1 aromatic heterocycles. The quantitative estimate of drug-likeness (QED) is 0.330. The summed E-state index contributed by atoms with van der Waals surface area (Å²) in [5, 5.41) is 7.31.